The molecule has 0 bridgehead atoms. The van der Waals surface area contributed by atoms with Gasteiger partial charge in [-0.2, -0.15) is 0 Å². The third kappa shape index (κ3) is 3.33. The molecule has 0 amide bonds. The molecule has 2 atom stereocenters. The van der Waals surface area contributed by atoms with Crippen molar-refractivity contribution in [1.29, 1.82) is 0 Å². The first-order valence-corrected chi connectivity index (χ1v) is 7.50. The van der Waals surface area contributed by atoms with E-state index < -0.39 is 5.60 Å². The zero-order chi connectivity index (χ0) is 14.8. The van der Waals surface area contributed by atoms with E-state index in [1.165, 1.54) is 0 Å². The second kappa shape index (κ2) is 5.74. The average Bonchev–Trinajstić information content (AvgIpc) is 2.38. The summed E-state index contributed by atoms with van der Waals surface area (Å²) in [5, 5.41) is 11.0. The highest BCUT2D eigenvalue weighted by atomic mass is 16.5. The summed E-state index contributed by atoms with van der Waals surface area (Å²) < 4.78 is 11.5. The van der Waals surface area contributed by atoms with E-state index in [1.54, 1.807) is 0 Å². The van der Waals surface area contributed by atoms with E-state index in [-0.39, 0.29) is 11.7 Å². The standard InChI is InChI=1S/C17H26O3/c1-5-16(4)12-17(18,10-11-19-16)14-6-8-15(9-7-14)20-13(2)3/h6-9,13,18H,5,10-12H2,1-4H3. The fourth-order valence-corrected chi connectivity index (χ4v) is 2.81. The summed E-state index contributed by atoms with van der Waals surface area (Å²) in [6.07, 6.45) is 2.35. The molecule has 1 saturated heterocycles. The maximum Gasteiger partial charge on any atom is 0.119 e. The number of ether oxygens (including phenoxy) is 2. The minimum atomic E-state index is -0.792. The summed E-state index contributed by atoms with van der Waals surface area (Å²) in [5.41, 5.74) is -0.0731. The Balaban J connectivity index is 2.17. The second-order valence-electron chi connectivity index (χ2n) is 6.30. The van der Waals surface area contributed by atoms with Gasteiger partial charge >= 0.3 is 0 Å². The third-order valence-corrected chi connectivity index (χ3v) is 4.14. The Morgan fingerprint density at radius 3 is 2.50 bits per heavy atom. The van der Waals surface area contributed by atoms with Gasteiger partial charge in [-0.05, 0) is 44.9 Å². The summed E-state index contributed by atoms with van der Waals surface area (Å²) in [4.78, 5) is 0. The molecule has 1 heterocycles. The van der Waals surface area contributed by atoms with Crippen LogP contribution in [0.15, 0.2) is 24.3 Å². The van der Waals surface area contributed by atoms with Crippen molar-refractivity contribution in [3.8, 4) is 5.75 Å². The topological polar surface area (TPSA) is 38.7 Å². The molecule has 20 heavy (non-hydrogen) atoms. The zero-order valence-corrected chi connectivity index (χ0v) is 13.0. The third-order valence-electron chi connectivity index (χ3n) is 4.14. The van der Waals surface area contributed by atoms with E-state index in [2.05, 4.69) is 13.8 Å². The molecule has 0 radical (unpaired) electrons. The Morgan fingerprint density at radius 2 is 1.95 bits per heavy atom. The maximum absolute atomic E-state index is 11.0. The van der Waals surface area contributed by atoms with E-state index in [0.29, 0.717) is 19.4 Å². The van der Waals surface area contributed by atoms with Crippen molar-refractivity contribution in [3.05, 3.63) is 29.8 Å². The first kappa shape index (κ1) is 15.3. The molecule has 1 aliphatic heterocycles. The van der Waals surface area contributed by atoms with Crippen molar-refractivity contribution in [1.82, 2.24) is 0 Å². The van der Waals surface area contributed by atoms with Gasteiger partial charge in [-0.25, -0.2) is 0 Å². The van der Waals surface area contributed by atoms with Gasteiger partial charge < -0.3 is 14.6 Å². The van der Waals surface area contributed by atoms with Crippen LogP contribution in [0.1, 0.15) is 52.5 Å². The number of hydrogen-bond acceptors (Lipinski definition) is 3. The van der Waals surface area contributed by atoms with E-state index >= 15 is 0 Å². The number of aliphatic hydroxyl groups is 1. The minimum Gasteiger partial charge on any atom is -0.491 e. The molecular weight excluding hydrogens is 252 g/mol. The van der Waals surface area contributed by atoms with Crippen molar-refractivity contribution in [2.45, 2.75) is 64.3 Å². The smallest absolute Gasteiger partial charge is 0.119 e. The van der Waals surface area contributed by atoms with E-state index in [4.69, 9.17) is 9.47 Å². The highest BCUT2D eigenvalue weighted by Gasteiger charge is 2.42. The second-order valence-corrected chi connectivity index (χ2v) is 6.30. The fourth-order valence-electron chi connectivity index (χ4n) is 2.81. The van der Waals surface area contributed by atoms with Crippen molar-refractivity contribution in [3.63, 3.8) is 0 Å². The number of benzene rings is 1. The van der Waals surface area contributed by atoms with Gasteiger partial charge in [0.2, 0.25) is 0 Å². The summed E-state index contributed by atoms with van der Waals surface area (Å²) in [6.45, 7) is 8.79. The molecule has 0 aliphatic carbocycles. The van der Waals surface area contributed by atoms with Crippen LogP contribution in [0.3, 0.4) is 0 Å². The highest BCUT2D eigenvalue weighted by Crippen LogP contribution is 2.41. The van der Waals surface area contributed by atoms with Gasteiger partial charge in [0.15, 0.2) is 0 Å². The van der Waals surface area contributed by atoms with Crippen LogP contribution in [-0.4, -0.2) is 23.4 Å². The van der Waals surface area contributed by atoms with Gasteiger partial charge in [-0.15, -0.1) is 0 Å². The van der Waals surface area contributed by atoms with Gasteiger partial charge in [0, 0.05) is 12.8 Å². The summed E-state index contributed by atoms with van der Waals surface area (Å²) in [5.74, 6) is 0.845. The monoisotopic (exact) mass is 278 g/mol. The quantitative estimate of drug-likeness (QED) is 0.914. The Hall–Kier alpha value is -1.06. The van der Waals surface area contributed by atoms with Crippen LogP contribution in [-0.2, 0) is 10.3 Å². The molecule has 1 N–H and O–H groups in total. The molecule has 112 valence electrons. The molecule has 1 aromatic rings. The Labute approximate surface area is 121 Å². The van der Waals surface area contributed by atoms with Crippen LogP contribution in [0.5, 0.6) is 5.75 Å². The first-order valence-electron chi connectivity index (χ1n) is 7.50. The molecule has 3 nitrogen and oxygen atoms in total. The van der Waals surface area contributed by atoms with Gasteiger partial charge in [0.05, 0.1) is 23.9 Å². The van der Waals surface area contributed by atoms with E-state index in [1.807, 2.05) is 38.1 Å². The van der Waals surface area contributed by atoms with Crippen LogP contribution in [0.2, 0.25) is 0 Å². The molecule has 0 spiro atoms. The normalized spacial score (nSPS) is 30.5. The van der Waals surface area contributed by atoms with Gasteiger partial charge in [-0.1, -0.05) is 19.1 Å². The Kier molecular flexibility index (Phi) is 4.40. The molecule has 1 fully saturated rings. The van der Waals surface area contributed by atoms with Gasteiger partial charge in [-0.3, -0.25) is 0 Å². The fraction of sp³-hybridized carbons (Fsp3) is 0.647. The van der Waals surface area contributed by atoms with Crippen molar-refractivity contribution >= 4 is 0 Å². The molecule has 3 heteroatoms. The summed E-state index contributed by atoms with van der Waals surface area (Å²) >= 11 is 0. The van der Waals surface area contributed by atoms with Crippen molar-refractivity contribution in [2.75, 3.05) is 6.61 Å². The van der Waals surface area contributed by atoms with Gasteiger partial charge in [0.1, 0.15) is 5.75 Å². The highest BCUT2D eigenvalue weighted by molar-refractivity contribution is 5.31. The first-order chi connectivity index (χ1) is 9.37. The van der Waals surface area contributed by atoms with Crippen LogP contribution >= 0.6 is 0 Å². The zero-order valence-electron chi connectivity index (χ0n) is 13.0. The van der Waals surface area contributed by atoms with E-state index in [0.717, 1.165) is 17.7 Å². The predicted octanol–water partition coefficient (Wildman–Crippen LogP) is 3.64. The Morgan fingerprint density at radius 1 is 1.30 bits per heavy atom. The summed E-state index contributed by atoms with van der Waals surface area (Å²) in [6, 6.07) is 7.82. The predicted molar refractivity (Wildman–Crippen MR) is 80.0 cm³/mol. The number of rotatable bonds is 4. The van der Waals surface area contributed by atoms with Crippen molar-refractivity contribution < 1.29 is 14.6 Å². The molecule has 1 aromatic carbocycles. The molecule has 0 saturated carbocycles. The van der Waals surface area contributed by atoms with Crippen LogP contribution in [0, 0.1) is 0 Å². The van der Waals surface area contributed by atoms with Crippen molar-refractivity contribution in [2.24, 2.45) is 0 Å². The average molecular weight is 278 g/mol. The molecular formula is C17H26O3. The van der Waals surface area contributed by atoms with E-state index in [9.17, 15) is 5.11 Å². The van der Waals surface area contributed by atoms with Gasteiger partial charge in [0.25, 0.3) is 0 Å². The molecule has 0 aromatic heterocycles. The number of hydrogen-bond donors (Lipinski definition) is 1. The minimum absolute atomic E-state index is 0.162. The molecule has 2 rings (SSSR count). The Bertz CT molecular complexity index is 440. The molecule has 1 aliphatic rings. The lowest BCUT2D eigenvalue weighted by Gasteiger charge is -2.43. The van der Waals surface area contributed by atoms with Crippen LogP contribution in [0.4, 0.5) is 0 Å². The van der Waals surface area contributed by atoms with Crippen LogP contribution in [0.25, 0.3) is 0 Å². The molecule has 2 unspecified atom stereocenters. The lowest BCUT2D eigenvalue weighted by molar-refractivity contribution is -0.157. The lowest BCUT2D eigenvalue weighted by atomic mass is 9.77. The van der Waals surface area contributed by atoms with Crippen LogP contribution < -0.4 is 4.74 Å². The lowest BCUT2D eigenvalue weighted by Crippen LogP contribution is -2.45. The largest absolute Gasteiger partial charge is 0.491 e. The summed E-state index contributed by atoms with van der Waals surface area (Å²) in [7, 11) is 0. The SMILES string of the molecule is CCC1(C)CC(O)(c2ccc(OC(C)C)cc2)CCO1. The maximum atomic E-state index is 11.0.